The SMILES string of the molecule is BN1CCC2(CCC(=O)c3ccccc32)CC1. The zero-order valence-electron chi connectivity index (χ0n) is 10.4. The van der Waals surface area contributed by atoms with E-state index in [0.29, 0.717) is 5.78 Å². The lowest BCUT2D eigenvalue weighted by molar-refractivity contribution is 0.0932. The van der Waals surface area contributed by atoms with Crippen LogP contribution in [0.4, 0.5) is 0 Å². The molecule has 1 aliphatic heterocycles. The van der Waals surface area contributed by atoms with Crippen molar-refractivity contribution in [3.8, 4) is 0 Å². The van der Waals surface area contributed by atoms with Gasteiger partial charge in [-0.15, -0.1) is 0 Å². The zero-order valence-corrected chi connectivity index (χ0v) is 10.4. The van der Waals surface area contributed by atoms with Crippen molar-refractivity contribution in [3.05, 3.63) is 35.4 Å². The second kappa shape index (κ2) is 3.99. The van der Waals surface area contributed by atoms with E-state index in [0.717, 1.165) is 31.5 Å². The minimum Gasteiger partial charge on any atom is -0.349 e. The zero-order chi connectivity index (χ0) is 11.9. The number of hydrogen-bond donors (Lipinski definition) is 0. The average molecular weight is 227 g/mol. The fourth-order valence-corrected chi connectivity index (χ4v) is 3.38. The highest BCUT2D eigenvalue weighted by Crippen LogP contribution is 2.44. The highest BCUT2D eigenvalue weighted by molar-refractivity contribution is 6.04. The molecule has 1 aromatic carbocycles. The van der Waals surface area contributed by atoms with Crippen LogP contribution in [0.25, 0.3) is 0 Å². The van der Waals surface area contributed by atoms with Crippen LogP contribution in [0.2, 0.25) is 0 Å². The maximum absolute atomic E-state index is 12.0. The Bertz CT molecular complexity index is 449. The van der Waals surface area contributed by atoms with Crippen molar-refractivity contribution in [2.24, 2.45) is 0 Å². The van der Waals surface area contributed by atoms with Gasteiger partial charge in [0.05, 0.1) is 0 Å². The fraction of sp³-hybridized carbons (Fsp3) is 0.500. The van der Waals surface area contributed by atoms with Crippen LogP contribution in [0.3, 0.4) is 0 Å². The summed E-state index contributed by atoms with van der Waals surface area (Å²) >= 11 is 0. The Morgan fingerprint density at radius 2 is 1.82 bits per heavy atom. The molecule has 0 bridgehead atoms. The summed E-state index contributed by atoms with van der Waals surface area (Å²) in [5.74, 6) is 0.338. The van der Waals surface area contributed by atoms with E-state index in [1.54, 1.807) is 0 Å². The van der Waals surface area contributed by atoms with Crippen LogP contribution in [-0.4, -0.2) is 31.7 Å². The predicted molar refractivity (Wildman–Crippen MR) is 71.0 cm³/mol. The molecule has 0 saturated carbocycles. The molecule has 3 rings (SSSR count). The van der Waals surface area contributed by atoms with Gasteiger partial charge in [0.15, 0.2) is 13.8 Å². The van der Waals surface area contributed by atoms with E-state index < -0.39 is 0 Å². The van der Waals surface area contributed by atoms with Crippen LogP contribution in [-0.2, 0) is 5.41 Å². The summed E-state index contributed by atoms with van der Waals surface area (Å²) in [4.78, 5) is 14.4. The van der Waals surface area contributed by atoms with E-state index in [-0.39, 0.29) is 5.41 Å². The molecule has 0 radical (unpaired) electrons. The molecule has 17 heavy (non-hydrogen) atoms. The van der Waals surface area contributed by atoms with Crippen molar-refractivity contribution in [1.82, 2.24) is 4.81 Å². The quantitative estimate of drug-likeness (QED) is 0.626. The second-order valence-electron chi connectivity index (χ2n) is 5.55. The van der Waals surface area contributed by atoms with Crippen molar-refractivity contribution in [1.29, 1.82) is 0 Å². The van der Waals surface area contributed by atoms with E-state index >= 15 is 0 Å². The minimum atomic E-state index is 0.289. The summed E-state index contributed by atoms with van der Waals surface area (Å²) in [7, 11) is 2.19. The van der Waals surface area contributed by atoms with Crippen LogP contribution < -0.4 is 0 Å². The van der Waals surface area contributed by atoms with E-state index in [1.165, 1.54) is 18.4 Å². The first-order chi connectivity index (χ1) is 8.21. The first-order valence-electron chi connectivity index (χ1n) is 6.53. The number of benzene rings is 1. The Labute approximate surface area is 103 Å². The molecule has 0 amide bonds. The molecule has 1 spiro atoms. The Morgan fingerprint density at radius 1 is 1.12 bits per heavy atom. The maximum Gasteiger partial charge on any atom is 0.185 e. The standard InChI is InChI=1S/C14H18BNO/c15-16-9-7-14(8-10-16)6-5-13(17)11-3-1-2-4-12(11)14/h1-4H,5-10,15H2. The number of Topliss-reactive ketones (excluding diaryl/α,β-unsaturated/α-hetero) is 1. The lowest BCUT2D eigenvalue weighted by Crippen LogP contribution is -2.44. The largest absolute Gasteiger partial charge is 0.349 e. The summed E-state index contributed by atoms with van der Waals surface area (Å²) < 4.78 is 0. The Hall–Kier alpha value is -1.09. The van der Waals surface area contributed by atoms with Gasteiger partial charge in [0.1, 0.15) is 0 Å². The van der Waals surface area contributed by atoms with E-state index in [1.807, 2.05) is 12.1 Å². The first-order valence-corrected chi connectivity index (χ1v) is 6.53. The number of carbonyl (C=O) groups excluding carboxylic acids is 1. The molecule has 1 saturated heterocycles. The van der Waals surface area contributed by atoms with Gasteiger partial charge >= 0.3 is 0 Å². The molecule has 1 fully saturated rings. The molecular formula is C14H18BNO. The van der Waals surface area contributed by atoms with E-state index in [4.69, 9.17) is 0 Å². The average Bonchev–Trinajstić information content (AvgIpc) is 2.38. The van der Waals surface area contributed by atoms with Crippen LogP contribution >= 0.6 is 0 Å². The van der Waals surface area contributed by atoms with Gasteiger partial charge in [0, 0.05) is 12.0 Å². The summed E-state index contributed by atoms with van der Waals surface area (Å²) in [6.45, 7) is 2.31. The molecule has 0 unspecified atom stereocenters. The number of rotatable bonds is 0. The van der Waals surface area contributed by atoms with Crippen LogP contribution in [0.15, 0.2) is 24.3 Å². The molecule has 0 atom stereocenters. The molecule has 1 heterocycles. The maximum atomic E-state index is 12.0. The third-order valence-corrected chi connectivity index (χ3v) is 4.57. The summed E-state index contributed by atoms with van der Waals surface area (Å²) in [6.07, 6.45) is 4.19. The van der Waals surface area contributed by atoms with Crippen LogP contribution in [0.5, 0.6) is 0 Å². The first kappa shape index (κ1) is 11.0. The van der Waals surface area contributed by atoms with Gasteiger partial charge in [0.2, 0.25) is 0 Å². The van der Waals surface area contributed by atoms with Crippen molar-refractivity contribution in [2.75, 3.05) is 13.1 Å². The van der Waals surface area contributed by atoms with Crippen molar-refractivity contribution in [2.45, 2.75) is 31.1 Å². The van der Waals surface area contributed by atoms with Gasteiger partial charge in [-0.3, -0.25) is 4.79 Å². The number of carbonyl (C=O) groups is 1. The molecule has 2 aliphatic rings. The monoisotopic (exact) mass is 227 g/mol. The highest BCUT2D eigenvalue weighted by atomic mass is 16.1. The molecule has 1 aromatic rings. The highest BCUT2D eigenvalue weighted by Gasteiger charge is 2.40. The van der Waals surface area contributed by atoms with Gasteiger partial charge in [-0.05, 0) is 43.3 Å². The molecule has 88 valence electrons. The summed E-state index contributed by atoms with van der Waals surface area (Å²) in [5.41, 5.74) is 2.60. The van der Waals surface area contributed by atoms with E-state index in [9.17, 15) is 4.79 Å². The lowest BCUT2D eigenvalue weighted by atomic mass is 9.64. The Kier molecular flexibility index (Phi) is 2.59. The molecule has 3 heteroatoms. The predicted octanol–water partition coefficient (Wildman–Crippen LogP) is 1.54. The number of fused-ring (bicyclic) bond motifs is 2. The molecule has 0 aromatic heterocycles. The van der Waals surface area contributed by atoms with Gasteiger partial charge in [-0.1, -0.05) is 24.3 Å². The Balaban J connectivity index is 2.03. The normalized spacial score (nSPS) is 23.6. The van der Waals surface area contributed by atoms with Gasteiger partial charge in [-0.2, -0.15) is 0 Å². The van der Waals surface area contributed by atoms with Crippen molar-refractivity contribution < 1.29 is 4.79 Å². The number of hydrogen-bond acceptors (Lipinski definition) is 2. The summed E-state index contributed by atoms with van der Waals surface area (Å²) in [6, 6.07) is 8.26. The summed E-state index contributed by atoms with van der Waals surface area (Å²) in [5, 5.41) is 0. The smallest absolute Gasteiger partial charge is 0.185 e. The van der Waals surface area contributed by atoms with Crippen LogP contribution in [0, 0.1) is 0 Å². The molecule has 0 N–H and O–H groups in total. The third-order valence-electron chi connectivity index (χ3n) is 4.57. The molecular weight excluding hydrogens is 209 g/mol. The number of nitrogens with zero attached hydrogens (tertiary/aromatic N) is 1. The Morgan fingerprint density at radius 3 is 2.59 bits per heavy atom. The van der Waals surface area contributed by atoms with Gasteiger partial charge in [0.25, 0.3) is 0 Å². The second-order valence-corrected chi connectivity index (χ2v) is 5.55. The van der Waals surface area contributed by atoms with Gasteiger partial charge in [-0.25, -0.2) is 0 Å². The number of ketones is 1. The fourth-order valence-electron chi connectivity index (χ4n) is 3.38. The van der Waals surface area contributed by atoms with Crippen molar-refractivity contribution >= 4 is 13.8 Å². The van der Waals surface area contributed by atoms with Crippen LogP contribution in [0.1, 0.15) is 41.6 Å². The topological polar surface area (TPSA) is 20.3 Å². The van der Waals surface area contributed by atoms with Gasteiger partial charge < -0.3 is 4.81 Å². The van der Waals surface area contributed by atoms with E-state index in [2.05, 4.69) is 24.9 Å². The minimum absolute atomic E-state index is 0.289. The molecule has 1 aliphatic carbocycles. The van der Waals surface area contributed by atoms with Crippen molar-refractivity contribution in [3.63, 3.8) is 0 Å². The third kappa shape index (κ3) is 1.73. The number of piperidine rings is 1. The lowest BCUT2D eigenvalue weighted by Gasteiger charge is -2.44. The molecule has 2 nitrogen and oxygen atoms in total.